The summed E-state index contributed by atoms with van der Waals surface area (Å²) in [5.41, 5.74) is 25.0. The van der Waals surface area contributed by atoms with Crippen molar-refractivity contribution in [1.82, 2.24) is 68.9 Å². The van der Waals surface area contributed by atoms with Gasteiger partial charge in [-0.05, 0) is 226 Å². The number of allylic oxidation sites excluding steroid dienone is 1. The molecule has 9 fully saturated rings. The Hall–Kier alpha value is -10.9. The van der Waals surface area contributed by atoms with E-state index in [1.54, 1.807) is 77.0 Å². The number of carboxylic acids is 2. The number of aliphatic carboxylic acids is 2. The van der Waals surface area contributed by atoms with Gasteiger partial charge in [-0.25, -0.2) is 19.4 Å². The second-order valence-electron chi connectivity index (χ2n) is 44.0. The zero-order valence-electron chi connectivity index (χ0n) is 90.9. The maximum Gasteiger partial charge on any atom is 0.408 e. The van der Waals surface area contributed by atoms with Gasteiger partial charge in [0.05, 0.1) is 132 Å². The van der Waals surface area contributed by atoms with Gasteiger partial charge in [0.2, 0.25) is 35.4 Å². The lowest BCUT2D eigenvalue weighted by molar-refractivity contribution is -0.140. The molecular weight excluding hydrogens is 1920 g/mol. The van der Waals surface area contributed by atoms with E-state index in [1.165, 1.54) is 88.2 Å². The van der Waals surface area contributed by atoms with Crippen molar-refractivity contribution < 1.29 is 95.7 Å². The molecule has 4 aromatic heterocycles. The third-order valence-corrected chi connectivity index (χ3v) is 31.6. The molecule has 37 nitrogen and oxygen atoms in total. The fraction of sp³-hybridized carbons (Fsp3) is 0.628. The number of carbonyl (C=O) groups is 9. The number of ketones is 1. The highest BCUT2D eigenvalue weighted by Crippen LogP contribution is 2.61. The van der Waals surface area contributed by atoms with Crippen molar-refractivity contribution in [1.29, 1.82) is 0 Å². The van der Waals surface area contributed by atoms with Crippen LogP contribution >= 0.6 is 0 Å². The van der Waals surface area contributed by atoms with Crippen molar-refractivity contribution in [3.8, 4) is 0 Å². The Bertz CT molecular complexity index is 5960. The van der Waals surface area contributed by atoms with Crippen LogP contribution in [0.5, 0.6) is 0 Å². The Morgan fingerprint density at radius 2 is 0.793 bits per heavy atom. The van der Waals surface area contributed by atoms with E-state index in [2.05, 4.69) is 157 Å². The van der Waals surface area contributed by atoms with Gasteiger partial charge in [-0.15, -0.1) is 0 Å². The molecule has 6 amide bonds. The monoisotopic (exact) mass is 2080 g/mol. The van der Waals surface area contributed by atoms with Crippen molar-refractivity contribution in [2.45, 2.75) is 241 Å². The zero-order valence-corrected chi connectivity index (χ0v) is 90.9. The van der Waals surface area contributed by atoms with Crippen molar-refractivity contribution in [3.63, 3.8) is 0 Å². The van der Waals surface area contributed by atoms with E-state index in [-0.39, 0.29) is 70.1 Å². The average molecular weight is 2080 g/mol. The summed E-state index contributed by atoms with van der Waals surface area (Å²) >= 11 is 0. The third-order valence-electron chi connectivity index (χ3n) is 31.6. The number of nitrogens with one attached hydrogen (secondary N) is 3. The molecule has 0 bridgehead atoms. The predicted octanol–water partition coefficient (Wildman–Crippen LogP) is 12.2. The molecule has 19 heterocycles. The number of Topliss-reactive ketones (excluding diaryl/α,β-unsaturated/α-hetero) is 1. The SMILES string of the molecule is C1COCCN1.CC(N)C(=O)N1CCOCC1.CC(N)C(=O)N1CCOCC1.CC(NC(=O)OC(C)(C)C)C(=O)N1CCOCC1.CC(NC(=O)OC(C)(C)C)C(=O)O.CC[C@@]12C=C(C(=O)CC(C)C(=O)N3CCOCC3)n3c4c(c5ccccc53)CCN(CCC1)[C@H]42.CC[C@@]12C=C(C(=O)O)n3c4c(c5ccccc53)CCN(CCC1)[C@H]42.CC[C@@]12C=C(c3nc(C)c(N4CCOCC4)o3)n3c4c(c5ccccc53)CCN(CCC1)[C@H]42. The maximum atomic E-state index is 13.9. The van der Waals surface area contributed by atoms with Crippen LogP contribution < -0.4 is 32.3 Å². The molecule has 0 aliphatic carbocycles. The molecule has 9 N–H and O–H groups in total. The fourth-order valence-corrected chi connectivity index (χ4v) is 24.3. The maximum absolute atomic E-state index is 13.9. The summed E-state index contributed by atoms with van der Waals surface area (Å²) in [7, 11) is 0. The summed E-state index contributed by atoms with van der Waals surface area (Å²) in [6, 6.07) is 24.6. The van der Waals surface area contributed by atoms with E-state index < -0.39 is 47.4 Å². The summed E-state index contributed by atoms with van der Waals surface area (Å²) in [6.07, 6.45) is 19.2. The van der Waals surface area contributed by atoms with E-state index in [0.717, 1.165) is 183 Å². The number of carbonyl (C=O) groups excluding carboxylic acids is 7. The summed E-state index contributed by atoms with van der Waals surface area (Å²) in [5.74, 6) is -0.485. The lowest BCUT2D eigenvalue weighted by atomic mass is 9.66. The Kier molecular flexibility index (Phi) is 37.6. The number of aromatic nitrogens is 4. The molecule has 7 aromatic rings. The molecular formula is C113H163N17O20. The number of para-hydroxylation sites is 3. The second kappa shape index (κ2) is 49.9. The van der Waals surface area contributed by atoms with Crippen molar-refractivity contribution in [2.75, 3.05) is 202 Å². The number of ether oxygens (including phenoxy) is 8. The smallest absolute Gasteiger partial charge is 0.408 e. The summed E-state index contributed by atoms with van der Waals surface area (Å²) in [6.45, 7) is 51.5. The van der Waals surface area contributed by atoms with Gasteiger partial charge in [0, 0.05) is 160 Å². The van der Waals surface area contributed by atoms with E-state index in [4.69, 9.17) is 63.9 Å². The number of nitrogens with two attached hydrogens (primary N) is 2. The van der Waals surface area contributed by atoms with E-state index in [9.17, 15) is 48.3 Å². The first-order valence-corrected chi connectivity index (χ1v) is 54.7. The van der Waals surface area contributed by atoms with E-state index in [1.807, 2.05) is 22.5 Å². The zero-order chi connectivity index (χ0) is 107. The number of carboxylic acid groups (broad SMARTS) is 2. The largest absolute Gasteiger partial charge is 0.480 e. The van der Waals surface area contributed by atoms with Crippen molar-refractivity contribution >= 4 is 109 Å². The first kappa shape index (κ1) is 113. The quantitative estimate of drug-likeness (QED) is 0.0472. The Morgan fingerprint density at radius 1 is 0.447 bits per heavy atom. The highest BCUT2D eigenvalue weighted by Gasteiger charge is 2.55. The van der Waals surface area contributed by atoms with Crippen molar-refractivity contribution in [3.05, 3.63) is 136 Å². The van der Waals surface area contributed by atoms with Crippen LogP contribution in [-0.4, -0.2) is 349 Å². The molecule has 22 rings (SSSR count). The number of nitrogens with zero attached hydrogens (tertiary/aromatic N) is 12. The van der Waals surface area contributed by atoms with Gasteiger partial charge >= 0.3 is 24.1 Å². The van der Waals surface area contributed by atoms with Gasteiger partial charge in [0.1, 0.15) is 40.4 Å². The number of oxazole rings is 1. The average Bonchev–Trinajstić information content (AvgIpc) is 1.53. The Labute approximate surface area is 882 Å². The molecule has 9 saturated heterocycles. The minimum atomic E-state index is -1.09. The Morgan fingerprint density at radius 3 is 1.16 bits per heavy atom. The number of alkyl carbamates (subject to hydrolysis) is 2. The number of fused-ring (bicyclic) bond motifs is 9. The predicted molar refractivity (Wildman–Crippen MR) is 574 cm³/mol. The number of hydrogen-bond donors (Lipinski definition) is 7. The van der Waals surface area contributed by atoms with Crippen LogP contribution in [0.3, 0.4) is 0 Å². The van der Waals surface area contributed by atoms with E-state index in [0.29, 0.717) is 129 Å². The van der Waals surface area contributed by atoms with Gasteiger partial charge in [-0.3, -0.25) is 43.5 Å². The number of hydrogen-bond acceptors (Lipinski definition) is 26. The Balaban J connectivity index is 0.000000135. The van der Waals surface area contributed by atoms with Gasteiger partial charge in [-0.2, -0.15) is 0 Å². The fourth-order valence-electron chi connectivity index (χ4n) is 24.3. The third kappa shape index (κ3) is 25.4. The van der Waals surface area contributed by atoms with Crippen molar-refractivity contribution in [2.24, 2.45) is 33.6 Å². The number of anilines is 1. The van der Waals surface area contributed by atoms with Crippen LogP contribution in [0.15, 0.2) is 95.4 Å². The topological polar surface area (TPSA) is 423 Å². The van der Waals surface area contributed by atoms with Crippen LogP contribution in [0.25, 0.3) is 49.8 Å². The first-order valence-electron chi connectivity index (χ1n) is 54.7. The molecule has 15 aliphatic heterocycles. The van der Waals surface area contributed by atoms with Crippen LogP contribution in [-0.2, 0) is 90.7 Å². The summed E-state index contributed by atoms with van der Waals surface area (Å²) < 4.78 is 54.7. The molecule has 5 unspecified atom stereocenters. The molecule has 820 valence electrons. The second-order valence-corrected chi connectivity index (χ2v) is 44.0. The molecule has 0 spiro atoms. The lowest BCUT2D eigenvalue weighted by Gasteiger charge is -2.53. The number of aryl methyl sites for hydroxylation is 1. The number of rotatable bonds is 16. The minimum absolute atomic E-state index is 0.0136. The van der Waals surface area contributed by atoms with Crippen LogP contribution in [0.2, 0.25) is 0 Å². The molecule has 15 aliphatic rings. The first-order chi connectivity index (χ1) is 71.8. The van der Waals surface area contributed by atoms with Gasteiger partial charge in [0.25, 0.3) is 0 Å². The minimum Gasteiger partial charge on any atom is -0.480 e. The number of piperidine rings is 3. The normalized spacial score (nSPS) is 24.1. The number of amides is 6. The summed E-state index contributed by atoms with van der Waals surface area (Å²) in [4.78, 5) is 129. The molecule has 0 radical (unpaired) electrons. The van der Waals surface area contributed by atoms with Crippen LogP contribution in [0.4, 0.5) is 15.5 Å². The highest BCUT2D eigenvalue weighted by molar-refractivity contribution is 6.18. The molecule has 37 heteroatoms. The molecule has 0 saturated carbocycles. The van der Waals surface area contributed by atoms with Gasteiger partial charge in [-0.1, -0.05) is 82.3 Å². The molecule has 150 heavy (non-hydrogen) atoms. The van der Waals surface area contributed by atoms with Gasteiger partial charge < -0.3 is 118 Å². The highest BCUT2D eigenvalue weighted by atomic mass is 16.6. The standard InChI is InChI=1S/C28H35N3O3.C27H32N4O2.C20H22N2O2.C12H22N2O4.C8H15NO4.2C7H14N2O2.C4H9NO/c1-3-28-10-6-11-29-12-9-21-20-7-4-5-8-22(20)31(25(21)26(28)29)23(18-28)24(32)17-19(2)27(33)30-13-15-34-16-14-30;1-3-27-10-6-11-29-12-9-20-19-7-4-5-8-21(19)31(23(20)24(27)29)22(17-27)25-28-18(2)26(33-25)30-13-15-32-16-14-30;1-2-20-9-5-10-21-11-8-14-13-6-3-4-7-15(13)22(17(14)18(20)21)16(12-20)19(23)24;1-9(13-11(16)18-12(2,3)4)10(15)14-5-7-17-8-6-14;1-5(6(10)11)9-7(12)13-8(2,3)4;2*1-6(8)7(10)9-2-4-11-5-3-9;1-3-6-4-2-5-1/h4-5,7-8,18-19,26H,3,6,9-17H2,1-2H3;4-5,7-8,17,24H,3,6,9-16H2,1-2H3;3-4,6-7,12,18H,2,5,8-11H2,1H3,(H,23,24);9H,5-8H2,1-4H3,(H,13,16);5H,1-4H3,(H,9,12)(H,10,11);2*6H,2-5,8H2,1H3;5H,1-4H2/t19?,26-,28+;24-,27+;18-,20+;;;;;/m111...../s1. The molecule has 11 atom stereocenters. The molecule has 3 aromatic carbocycles. The van der Waals surface area contributed by atoms with E-state index >= 15 is 0 Å². The number of morpholine rings is 6. The lowest BCUT2D eigenvalue weighted by Crippen LogP contribution is -2.51. The van der Waals surface area contributed by atoms with Gasteiger partial charge in [0.15, 0.2) is 5.78 Å². The van der Waals surface area contributed by atoms with Crippen LogP contribution in [0, 0.1) is 29.1 Å². The number of benzene rings is 3. The van der Waals surface area contributed by atoms with Crippen LogP contribution in [0.1, 0.15) is 225 Å². The summed E-state index contributed by atoms with van der Waals surface area (Å²) in [5, 5.41) is 30.2.